The minimum absolute atomic E-state index is 0.156. The average molecular weight is 338 g/mol. The predicted molar refractivity (Wildman–Crippen MR) is 102 cm³/mol. The highest BCUT2D eigenvalue weighted by molar-refractivity contribution is 5.71. The van der Waals surface area contributed by atoms with E-state index in [1.165, 1.54) is 18.2 Å². The third-order valence-electron chi connectivity index (χ3n) is 5.07. The normalized spacial score (nSPS) is 17.8. The lowest BCUT2D eigenvalue weighted by Crippen LogP contribution is -2.15. The number of methoxy groups -OCH3 is 1. The van der Waals surface area contributed by atoms with E-state index in [-0.39, 0.29) is 17.4 Å². The first-order valence-electron chi connectivity index (χ1n) is 8.72. The Balaban J connectivity index is 1.75. The molecule has 3 N–H and O–H groups in total. The van der Waals surface area contributed by atoms with Crippen LogP contribution in [0.2, 0.25) is 0 Å². The number of nitrogen functional groups attached to an aromatic ring is 1. The molecular formula is C21H26N2O2. The van der Waals surface area contributed by atoms with Gasteiger partial charge in [-0.3, -0.25) is 4.79 Å². The number of fused-ring (bicyclic) bond motifs is 1. The smallest absolute Gasteiger partial charge is 0.305 e. The van der Waals surface area contributed by atoms with Gasteiger partial charge in [-0.05, 0) is 47.1 Å². The van der Waals surface area contributed by atoms with Crippen molar-refractivity contribution in [1.29, 1.82) is 0 Å². The zero-order valence-electron chi connectivity index (χ0n) is 15.1. The molecule has 0 heterocycles. The van der Waals surface area contributed by atoms with Gasteiger partial charge in [0.2, 0.25) is 0 Å². The molecule has 0 saturated carbocycles. The van der Waals surface area contributed by atoms with Crippen LogP contribution in [0.3, 0.4) is 0 Å². The van der Waals surface area contributed by atoms with E-state index in [1.54, 1.807) is 0 Å². The molecule has 1 aliphatic rings. The van der Waals surface area contributed by atoms with Gasteiger partial charge in [-0.15, -0.1) is 0 Å². The maximum Gasteiger partial charge on any atom is 0.305 e. The summed E-state index contributed by atoms with van der Waals surface area (Å²) in [4.78, 5) is 11.3. The van der Waals surface area contributed by atoms with E-state index in [2.05, 4.69) is 48.2 Å². The molecule has 2 aromatic rings. The summed E-state index contributed by atoms with van der Waals surface area (Å²) in [5.74, 6) is -0.203. The summed E-state index contributed by atoms with van der Waals surface area (Å²) in [5, 5.41) is 3.61. The Morgan fingerprint density at radius 2 is 2.04 bits per heavy atom. The van der Waals surface area contributed by atoms with Crippen molar-refractivity contribution in [3.63, 3.8) is 0 Å². The van der Waals surface area contributed by atoms with E-state index in [4.69, 9.17) is 5.73 Å². The SMILES string of the molecule is COC(=O)CCc1ccc(N[C@@H]2CC(C)(C)c3ccccc32)c(N)c1. The van der Waals surface area contributed by atoms with Crippen LogP contribution < -0.4 is 11.1 Å². The van der Waals surface area contributed by atoms with Crippen LogP contribution in [0.5, 0.6) is 0 Å². The third-order valence-corrected chi connectivity index (χ3v) is 5.07. The van der Waals surface area contributed by atoms with Gasteiger partial charge in [-0.25, -0.2) is 0 Å². The second kappa shape index (κ2) is 6.79. The van der Waals surface area contributed by atoms with E-state index in [9.17, 15) is 4.79 Å². The Morgan fingerprint density at radius 1 is 1.28 bits per heavy atom. The molecule has 0 radical (unpaired) electrons. The van der Waals surface area contributed by atoms with Crippen molar-refractivity contribution in [3.05, 3.63) is 59.2 Å². The largest absolute Gasteiger partial charge is 0.469 e. The number of nitrogens with two attached hydrogens (primary N) is 1. The summed E-state index contributed by atoms with van der Waals surface area (Å²) >= 11 is 0. The molecule has 0 spiro atoms. The Bertz CT molecular complexity index is 783. The average Bonchev–Trinajstić information content (AvgIpc) is 2.86. The van der Waals surface area contributed by atoms with Crippen molar-refractivity contribution in [2.75, 3.05) is 18.2 Å². The van der Waals surface area contributed by atoms with Crippen LogP contribution in [-0.4, -0.2) is 13.1 Å². The fourth-order valence-electron chi connectivity index (χ4n) is 3.71. The number of nitrogens with one attached hydrogen (secondary N) is 1. The molecule has 0 fully saturated rings. The summed E-state index contributed by atoms with van der Waals surface area (Å²) in [6.45, 7) is 4.57. The molecule has 3 rings (SSSR count). The summed E-state index contributed by atoms with van der Waals surface area (Å²) in [6.07, 6.45) is 2.04. The van der Waals surface area contributed by atoms with Gasteiger partial charge in [0, 0.05) is 6.42 Å². The van der Waals surface area contributed by atoms with E-state index in [0.29, 0.717) is 18.5 Å². The lowest BCUT2D eigenvalue weighted by molar-refractivity contribution is -0.140. The van der Waals surface area contributed by atoms with Crippen molar-refractivity contribution in [2.24, 2.45) is 0 Å². The van der Waals surface area contributed by atoms with Crippen LogP contribution in [-0.2, 0) is 21.4 Å². The van der Waals surface area contributed by atoms with Crippen molar-refractivity contribution >= 4 is 17.3 Å². The molecule has 4 nitrogen and oxygen atoms in total. The van der Waals surface area contributed by atoms with E-state index < -0.39 is 0 Å². The number of carbonyl (C=O) groups excluding carboxylic acids is 1. The number of aryl methyl sites for hydroxylation is 1. The molecule has 0 amide bonds. The zero-order valence-corrected chi connectivity index (χ0v) is 15.1. The monoisotopic (exact) mass is 338 g/mol. The highest BCUT2D eigenvalue weighted by atomic mass is 16.5. The number of anilines is 2. The Hall–Kier alpha value is -2.49. The van der Waals surface area contributed by atoms with E-state index in [1.807, 2.05) is 18.2 Å². The number of esters is 1. The molecule has 4 heteroatoms. The molecular weight excluding hydrogens is 312 g/mol. The second-order valence-corrected chi connectivity index (χ2v) is 7.37. The van der Waals surface area contributed by atoms with Gasteiger partial charge in [0.25, 0.3) is 0 Å². The minimum Gasteiger partial charge on any atom is -0.469 e. The van der Waals surface area contributed by atoms with E-state index in [0.717, 1.165) is 17.7 Å². The van der Waals surface area contributed by atoms with Crippen molar-refractivity contribution in [2.45, 2.75) is 44.6 Å². The number of hydrogen-bond acceptors (Lipinski definition) is 4. The first kappa shape index (κ1) is 17.3. The van der Waals surface area contributed by atoms with Crippen LogP contribution in [0.25, 0.3) is 0 Å². The first-order valence-corrected chi connectivity index (χ1v) is 8.72. The molecule has 25 heavy (non-hydrogen) atoms. The number of hydrogen-bond donors (Lipinski definition) is 2. The van der Waals surface area contributed by atoms with Gasteiger partial charge in [-0.2, -0.15) is 0 Å². The molecule has 0 bridgehead atoms. The Kier molecular flexibility index (Phi) is 4.71. The maximum atomic E-state index is 11.3. The summed E-state index contributed by atoms with van der Waals surface area (Å²) in [5.41, 5.74) is 11.9. The topological polar surface area (TPSA) is 64.3 Å². The standard InChI is InChI=1S/C21H26N2O2/c1-21(2)13-19(15-6-4-5-7-16(15)21)23-18-10-8-14(12-17(18)22)9-11-20(24)25-3/h4-8,10,12,19,23H,9,11,13,22H2,1-3H3/t19-/m1/s1. The van der Waals surface area contributed by atoms with Gasteiger partial charge in [0.05, 0.1) is 24.5 Å². The summed E-state index contributed by atoms with van der Waals surface area (Å²) < 4.78 is 4.68. The third kappa shape index (κ3) is 3.63. The first-order chi connectivity index (χ1) is 11.9. The van der Waals surface area contributed by atoms with Gasteiger partial charge >= 0.3 is 5.97 Å². The highest BCUT2D eigenvalue weighted by Crippen LogP contribution is 2.46. The zero-order chi connectivity index (χ0) is 18.0. The van der Waals surface area contributed by atoms with Crippen molar-refractivity contribution in [3.8, 4) is 0 Å². The Labute approximate surface area is 149 Å². The van der Waals surface area contributed by atoms with Gasteiger partial charge in [0.15, 0.2) is 0 Å². The Morgan fingerprint density at radius 3 is 2.76 bits per heavy atom. The van der Waals surface area contributed by atoms with Gasteiger partial charge < -0.3 is 15.8 Å². The molecule has 0 unspecified atom stereocenters. The fraction of sp³-hybridized carbons (Fsp3) is 0.381. The number of carbonyl (C=O) groups is 1. The van der Waals surface area contributed by atoms with Crippen LogP contribution in [0, 0.1) is 0 Å². The summed E-state index contributed by atoms with van der Waals surface area (Å²) in [7, 11) is 1.41. The molecule has 132 valence electrons. The van der Waals surface area contributed by atoms with Crippen LogP contribution in [0.15, 0.2) is 42.5 Å². The predicted octanol–water partition coefficient (Wildman–Crippen LogP) is 4.21. The lowest BCUT2D eigenvalue weighted by Gasteiger charge is -2.21. The van der Waals surface area contributed by atoms with Crippen molar-refractivity contribution < 1.29 is 9.53 Å². The molecule has 1 aliphatic carbocycles. The van der Waals surface area contributed by atoms with E-state index >= 15 is 0 Å². The van der Waals surface area contributed by atoms with Crippen LogP contribution >= 0.6 is 0 Å². The number of ether oxygens (including phenoxy) is 1. The van der Waals surface area contributed by atoms with Gasteiger partial charge in [0.1, 0.15) is 0 Å². The summed E-state index contributed by atoms with van der Waals surface area (Å²) in [6, 6.07) is 14.8. The molecule has 0 saturated heterocycles. The van der Waals surface area contributed by atoms with Crippen molar-refractivity contribution in [1.82, 2.24) is 0 Å². The molecule has 0 aliphatic heterocycles. The van der Waals surface area contributed by atoms with Gasteiger partial charge in [-0.1, -0.05) is 44.2 Å². The number of benzene rings is 2. The quantitative estimate of drug-likeness (QED) is 0.633. The number of rotatable bonds is 5. The maximum absolute atomic E-state index is 11.3. The second-order valence-electron chi connectivity index (χ2n) is 7.37. The molecule has 0 aromatic heterocycles. The molecule has 1 atom stereocenters. The van der Waals surface area contributed by atoms with Crippen LogP contribution in [0.4, 0.5) is 11.4 Å². The molecule has 2 aromatic carbocycles. The lowest BCUT2D eigenvalue weighted by atomic mass is 9.86. The minimum atomic E-state index is -0.203. The van der Waals surface area contributed by atoms with Crippen LogP contribution in [0.1, 0.15) is 49.4 Å². The highest BCUT2D eigenvalue weighted by Gasteiger charge is 2.36. The fourth-order valence-corrected chi connectivity index (χ4v) is 3.71.